The van der Waals surface area contributed by atoms with Gasteiger partial charge in [-0.25, -0.2) is 0 Å². The lowest BCUT2D eigenvalue weighted by Crippen LogP contribution is -2.30. The number of esters is 3. The molecule has 0 aliphatic heterocycles. The normalized spacial score (nSPS) is 12.5. The number of carbonyl (C=O) groups excluding carboxylic acids is 3. The van der Waals surface area contributed by atoms with E-state index in [0.717, 1.165) is 103 Å². The van der Waals surface area contributed by atoms with E-state index in [-0.39, 0.29) is 31.1 Å². The molecule has 0 spiro atoms. The minimum atomic E-state index is -0.793. The third kappa shape index (κ3) is 46.0. The van der Waals surface area contributed by atoms with E-state index in [0.29, 0.717) is 19.3 Å². The van der Waals surface area contributed by atoms with E-state index >= 15 is 0 Å². The van der Waals surface area contributed by atoms with Crippen LogP contribution < -0.4 is 0 Å². The van der Waals surface area contributed by atoms with Gasteiger partial charge < -0.3 is 14.2 Å². The average Bonchev–Trinajstić information content (AvgIpc) is 3.23. The highest BCUT2D eigenvalue weighted by Gasteiger charge is 2.19. The van der Waals surface area contributed by atoms with E-state index in [1.807, 2.05) is 0 Å². The molecule has 0 aromatic rings. The van der Waals surface area contributed by atoms with Crippen LogP contribution in [0, 0.1) is 0 Å². The molecule has 340 valence electrons. The van der Waals surface area contributed by atoms with E-state index in [9.17, 15) is 14.4 Å². The van der Waals surface area contributed by atoms with Gasteiger partial charge in [0, 0.05) is 19.3 Å². The zero-order valence-corrected chi connectivity index (χ0v) is 38.8. The molecule has 6 heteroatoms. The van der Waals surface area contributed by atoms with Gasteiger partial charge in [-0.05, 0) is 89.9 Å². The van der Waals surface area contributed by atoms with Crippen LogP contribution in [0.5, 0.6) is 0 Å². The molecule has 0 bridgehead atoms. The van der Waals surface area contributed by atoms with Gasteiger partial charge in [-0.1, -0.05) is 191 Å². The Kier molecular flexibility index (Phi) is 45.4. The van der Waals surface area contributed by atoms with Crippen molar-refractivity contribution in [2.45, 2.75) is 245 Å². The summed E-state index contributed by atoms with van der Waals surface area (Å²) in [7, 11) is 0. The molecule has 0 fully saturated rings. The topological polar surface area (TPSA) is 78.9 Å². The summed E-state index contributed by atoms with van der Waals surface area (Å²) in [4.78, 5) is 37.8. The molecule has 0 N–H and O–H groups in total. The molecule has 0 aromatic carbocycles. The number of ether oxygens (including phenoxy) is 3. The second-order valence-electron chi connectivity index (χ2n) is 16.4. The molecule has 0 saturated carbocycles. The van der Waals surface area contributed by atoms with Crippen LogP contribution in [0.1, 0.15) is 239 Å². The molecule has 0 heterocycles. The van der Waals surface area contributed by atoms with E-state index in [1.54, 1.807) is 0 Å². The lowest BCUT2D eigenvalue weighted by molar-refractivity contribution is -0.167. The van der Waals surface area contributed by atoms with E-state index < -0.39 is 6.10 Å². The highest BCUT2D eigenvalue weighted by molar-refractivity contribution is 5.71. The Morgan fingerprint density at radius 1 is 0.339 bits per heavy atom. The van der Waals surface area contributed by atoms with Crippen molar-refractivity contribution in [1.82, 2.24) is 0 Å². The Hall–Kier alpha value is -2.89. The highest BCUT2D eigenvalue weighted by Crippen LogP contribution is 2.13. The summed E-state index contributed by atoms with van der Waals surface area (Å²) >= 11 is 0. The van der Waals surface area contributed by atoms with Crippen LogP contribution in [0.25, 0.3) is 0 Å². The van der Waals surface area contributed by atoms with Gasteiger partial charge in [-0.3, -0.25) is 14.4 Å². The van der Waals surface area contributed by atoms with Crippen LogP contribution >= 0.6 is 0 Å². The van der Waals surface area contributed by atoms with Crippen molar-refractivity contribution in [1.29, 1.82) is 0 Å². The fraction of sp³-hybridized carbons (Fsp3) is 0.755. The smallest absolute Gasteiger partial charge is 0.306 e. The average molecular weight is 825 g/mol. The number of allylic oxidation sites excluding steroid dienone is 10. The molecular formula is C53H92O6. The molecule has 0 aliphatic rings. The molecular weight excluding hydrogens is 733 g/mol. The minimum absolute atomic E-state index is 0.0944. The Morgan fingerprint density at radius 3 is 1.05 bits per heavy atom. The van der Waals surface area contributed by atoms with Crippen LogP contribution in [0.4, 0.5) is 0 Å². The second-order valence-corrected chi connectivity index (χ2v) is 16.4. The van der Waals surface area contributed by atoms with E-state index in [1.165, 1.54) is 96.3 Å². The van der Waals surface area contributed by atoms with Crippen molar-refractivity contribution in [2.75, 3.05) is 13.2 Å². The van der Waals surface area contributed by atoms with Gasteiger partial charge in [0.15, 0.2) is 6.10 Å². The minimum Gasteiger partial charge on any atom is -0.462 e. The van der Waals surface area contributed by atoms with Crippen LogP contribution in [-0.4, -0.2) is 37.2 Å². The largest absolute Gasteiger partial charge is 0.462 e. The van der Waals surface area contributed by atoms with Gasteiger partial charge in [0.1, 0.15) is 13.2 Å². The lowest BCUT2D eigenvalue weighted by atomic mass is 10.1. The summed E-state index contributed by atoms with van der Waals surface area (Å²) < 4.78 is 16.7. The number of hydrogen-bond donors (Lipinski definition) is 0. The zero-order chi connectivity index (χ0) is 43.0. The standard InChI is InChI=1S/C53H92O6/c1-4-7-10-13-16-19-22-24-25-26-27-28-29-32-34-37-40-43-46-52(55)58-49-50(48-57-51(54)45-42-39-36-33-30-21-18-15-12-9-6-3)59-53(56)47-44-41-38-35-31-23-20-17-14-11-8-5-2/h15,17-18,20-21,25-28,30,50H,4-14,16,19,22-24,29,31-49H2,1-3H3/b18-15-,20-17-,26-25-,28-27-,30-21-. The van der Waals surface area contributed by atoms with Crippen molar-refractivity contribution < 1.29 is 28.6 Å². The second kappa shape index (κ2) is 47.8. The first-order valence-electron chi connectivity index (χ1n) is 24.8. The van der Waals surface area contributed by atoms with Gasteiger partial charge in [0.2, 0.25) is 0 Å². The first-order chi connectivity index (χ1) is 29.0. The Morgan fingerprint density at radius 2 is 0.627 bits per heavy atom. The van der Waals surface area contributed by atoms with Crippen LogP contribution in [-0.2, 0) is 28.6 Å². The summed E-state index contributed by atoms with van der Waals surface area (Å²) in [5, 5.41) is 0. The molecule has 1 unspecified atom stereocenters. The molecule has 59 heavy (non-hydrogen) atoms. The van der Waals surface area contributed by atoms with Crippen molar-refractivity contribution in [3.05, 3.63) is 60.8 Å². The van der Waals surface area contributed by atoms with Crippen LogP contribution in [0.15, 0.2) is 60.8 Å². The summed E-state index contributed by atoms with van der Waals surface area (Å²) in [5.74, 6) is -0.946. The van der Waals surface area contributed by atoms with E-state index in [2.05, 4.69) is 81.5 Å². The summed E-state index contributed by atoms with van der Waals surface area (Å²) in [6.45, 7) is 6.51. The third-order valence-corrected chi connectivity index (χ3v) is 10.5. The SMILES string of the molecule is CCCC/C=C\C=C/CCCCCC(=O)OCC(COC(=O)CCCCCCC/C=C\C=C/CCCCCCCCC)OC(=O)CCCCCCC/C=C\CCCCC. The number of carbonyl (C=O) groups is 3. The van der Waals surface area contributed by atoms with Crippen molar-refractivity contribution in [3.63, 3.8) is 0 Å². The maximum Gasteiger partial charge on any atom is 0.306 e. The van der Waals surface area contributed by atoms with Crippen molar-refractivity contribution in [2.24, 2.45) is 0 Å². The van der Waals surface area contributed by atoms with Crippen LogP contribution in [0.2, 0.25) is 0 Å². The Bertz CT molecular complexity index is 1090. The van der Waals surface area contributed by atoms with E-state index in [4.69, 9.17) is 14.2 Å². The van der Waals surface area contributed by atoms with Crippen LogP contribution in [0.3, 0.4) is 0 Å². The number of rotatable bonds is 44. The first-order valence-corrected chi connectivity index (χ1v) is 24.8. The highest BCUT2D eigenvalue weighted by atomic mass is 16.6. The Labute approximate surface area is 364 Å². The van der Waals surface area contributed by atoms with Gasteiger partial charge in [-0.2, -0.15) is 0 Å². The fourth-order valence-electron chi connectivity index (χ4n) is 6.70. The molecule has 0 radical (unpaired) electrons. The lowest BCUT2D eigenvalue weighted by Gasteiger charge is -2.18. The van der Waals surface area contributed by atoms with Gasteiger partial charge in [0.25, 0.3) is 0 Å². The molecule has 0 saturated heterocycles. The molecule has 0 rings (SSSR count). The quantitative estimate of drug-likeness (QED) is 0.0200. The zero-order valence-electron chi connectivity index (χ0n) is 38.8. The van der Waals surface area contributed by atoms with Crippen molar-refractivity contribution >= 4 is 17.9 Å². The third-order valence-electron chi connectivity index (χ3n) is 10.5. The van der Waals surface area contributed by atoms with Gasteiger partial charge in [-0.15, -0.1) is 0 Å². The molecule has 0 aliphatic carbocycles. The molecule has 0 aromatic heterocycles. The predicted octanol–water partition coefficient (Wildman–Crippen LogP) is 16.1. The van der Waals surface area contributed by atoms with Gasteiger partial charge >= 0.3 is 17.9 Å². The molecule has 0 amide bonds. The van der Waals surface area contributed by atoms with Crippen molar-refractivity contribution in [3.8, 4) is 0 Å². The predicted molar refractivity (Wildman–Crippen MR) is 251 cm³/mol. The fourth-order valence-corrected chi connectivity index (χ4v) is 6.70. The summed E-state index contributed by atoms with van der Waals surface area (Å²) in [6, 6.07) is 0. The molecule has 1 atom stereocenters. The maximum atomic E-state index is 12.7. The van der Waals surface area contributed by atoms with Gasteiger partial charge in [0.05, 0.1) is 0 Å². The number of unbranched alkanes of at least 4 members (excludes halogenated alkanes) is 25. The molecule has 6 nitrogen and oxygen atoms in total. The summed E-state index contributed by atoms with van der Waals surface area (Å²) in [6.07, 6.45) is 57.8. The number of hydrogen-bond acceptors (Lipinski definition) is 6. The maximum absolute atomic E-state index is 12.7. The Balaban J connectivity index is 4.40. The summed E-state index contributed by atoms with van der Waals surface area (Å²) in [5.41, 5.74) is 0. The monoisotopic (exact) mass is 825 g/mol. The first kappa shape index (κ1) is 56.1.